The predicted octanol–water partition coefficient (Wildman–Crippen LogP) is 4.55. The SMILES string of the molecule is CC(C)(C)OC(=O)CC(NC(=O)OC(C)(C)C)c1c(O)c[n+](CCCCC(NC(=O)OC(C)(C)C)C(=O)OC(C)(C)C)cc1CCC(NC(=O)OC(C)(C)C)C(=O)OC(C)(C)C.[I-]. The molecule has 1 rings (SSSR count). The Balaban J connectivity index is 0.0000384. The van der Waals surface area contributed by atoms with Crippen LogP contribution < -0.4 is 44.5 Å². The Morgan fingerprint density at radius 2 is 0.921 bits per heavy atom. The van der Waals surface area contributed by atoms with Crippen LogP contribution >= 0.6 is 0 Å². The number of hydrogen-bond donors (Lipinski definition) is 4. The minimum atomic E-state index is -1.21. The second-order valence-corrected chi connectivity index (χ2v) is 21.3. The molecular weight excluding hydrogens is 931 g/mol. The molecule has 3 atom stereocenters. The molecule has 0 saturated heterocycles. The third-order valence-electron chi connectivity index (χ3n) is 7.69. The molecule has 0 bridgehead atoms. The number of amides is 3. The van der Waals surface area contributed by atoms with Crippen LogP contribution in [0.3, 0.4) is 0 Å². The van der Waals surface area contributed by atoms with Crippen molar-refractivity contribution in [3.8, 4) is 5.75 Å². The average molecular weight is 1010 g/mol. The number of aromatic nitrogens is 1. The number of nitrogens with one attached hydrogen (secondary N) is 3. The number of ether oxygens (including phenoxy) is 6. The largest absolute Gasteiger partial charge is 1.00 e. The number of alkyl carbamates (subject to hydrolysis) is 3. The number of pyridine rings is 1. The molecule has 362 valence electrons. The highest BCUT2D eigenvalue weighted by Crippen LogP contribution is 2.32. The molecule has 0 aliphatic carbocycles. The maximum Gasteiger partial charge on any atom is 0.408 e. The summed E-state index contributed by atoms with van der Waals surface area (Å²) in [6.45, 7) is 30.9. The van der Waals surface area contributed by atoms with Crippen LogP contribution in [0.25, 0.3) is 0 Å². The number of hydrogen-bond acceptors (Lipinski definition) is 13. The van der Waals surface area contributed by atoms with Crippen molar-refractivity contribution in [2.45, 2.75) is 221 Å². The van der Waals surface area contributed by atoms with Gasteiger partial charge in [0.15, 0.2) is 11.9 Å². The van der Waals surface area contributed by atoms with Gasteiger partial charge in [-0.1, -0.05) is 0 Å². The number of carbonyl (C=O) groups excluding carboxylic acids is 6. The average Bonchev–Trinajstić information content (AvgIpc) is 2.98. The number of aryl methyl sites for hydroxylation is 2. The molecule has 0 saturated carbocycles. The van der Waals surface area contributed by atoms with Crippen LogP contribution in [0.5, 0.6) is 5.75 Å². The second-order valence-electron chi connectivity index (χ2n) is 21.3. The molecule has 0 aromatic carbocycles. The van der Waals surface area contributed by atoms with E-state index in [1.807, 2.05) is 0 Å². The summed E-state index contributed by atoms with van der Waals surface area (Å²) in [5, 5.41) is 19.8. The molecule has 0 spiro atoms. The highest BCUT2D eigenvalue weighted by Gasteiger charge is 2.34. The summed E-state index contributed by atoms with van der Waals surface area (Å²) in [6, 6.07) is -3.38. The van der Waals surface area contributed by atoms with Crippen LogP contribution in [0.15, 0.2) is 12.4 Å². The summed E-state index contributed by atoms with van der Waals surface area (Å²) in [5.41, 5.74) is -4.56. The highest BCUT2D eigenvalue weighted by molar-refractivity contribution is 5.82. The molecule has 4 N–H and O–H groups in total. The Morgan fingerprint density at radius 1 is 0.540 bits per heavy atom. The molecule has 1 aromatic heterocycles. The van der Waals surface area contributed by atoms with E-state index < -0.39 is 94.3 Å². The van der Waals surface area contributed by atoms with Crippen LogP contribution in [-0.4, -0.2) is 87.0 Å². The quantitative estimate of drug-likeness (QED) is 0.0589. The summed E-state index contributed by atoms with van der Waals surface area (Å²) in [5.74, 6) is -2.30. The highest BCUT2D eigenvalue weighted by atomic mass is 127. The van der Waals surface area contributed by atoms with Gasteiger partial charge in [0.1, 0.15) is 52.2 Å². The molecule has 3 amide bonds. The lowest BCUT2D eigenvalue weighted by molar-refractivity contribution is -0.698. The molecule has 3 unspecified atom stereocenters. The molecular formula is C45H77IN4O13. The summed E-state index contributed by atoms with van der Waals surface area (Å²) < 4.78 is 34.9. The van der Waals surface area contributed by atoms with Crippen molar-refractivity contribution < 1.29 is 90.8 Å². The molecule has 1 heterocycles. The first kappa shape index (κ1) is 58.9. The van der Waals surface area contributed by atoms with Crippen LogP contribution in [0.4, 0.5) is 14.4 Å². The lowest BCUT2D eigenvalue weighted by atomic mass is 9.94. The van der Waals surface area contributed by atoms with E-state index in [-0.39, 0.29) is 54.6 Å². The van der Waals surface area contributed by atoms with E-state index in [4.69, 9.17) is 28.4 Å². The molecule has 0 aliphatic heterocycles. The lowest BCUT2D eigenvalue weighted by Gasteiger charge is -2.27. The van der Waals surface area contributed by atoms with Crippen molar-refractivity contribution in [1.29, 1.82) is 0 Å². The van der Waals surface area contributed by atoms with E-state index in [2.05, 4.69) is 16.0 Å². The number of rotatable bonds is 16. The van der Waals surface area contributed by atoms with E-state index in [0.717, 1.165) is 0 Å². The predicted molar refractivity (Wildman–Crippen MR) is 231 cm³/mol. The fourth-order valence-corrected chi connectivity index (χ4v) is 5.74. The fourth-order valence-electron chi connectivity index (χ4n) is 5.74. The van der Waals surface area contributed by atoms with Gasteiger partial charge >= 0.3 is 36.2 Å². The van der Waals surface area contributed by atoms with Crippen LogP contribution in [-0.2, 0) is 55.8 Å². The van der Waals surface area contributed by atoms with Gasteiger partial charge in [-0.3, -0.25) is 4.79 Å². The van der Waals surface area contributed by atoms with Gasteiger partial charge in [0.05, 0.1) is 12.5 Å². The zero-order chi connectivity index (χ0) is 48.2. The van der Waals surface area contributed by atoms with Crippen molar-refractivity contribution in [2.24, 2.45) is 0 Å². The first-order chi connectivity index (χ1) is 27.8. The molecule has 63 heavy (non-hydrogen) atoms. The van der Waals surface area contributed by atoms with E-state index in [0.29, 0.717) is 24.9 Å². The second kappa shape index (κ2) is 23.7. The van der Waals surface area contributed by atoms with Gasteiger partial charge < -0.3 is 73.5 Å². The molecule has 0 aliphatic rings. The van der Waals surface area contributed by atoms with Crippen molar-refractivity contribution >= 4 is 36.2 Å². The summed E-state index contributed by atoms with van der Waals surface area (Å²) >= 11 is 0. The van der Waals surface area contributed by atoms with Crippen LogP contribution in [0, 0.1) is 0 Å². The van der Waals surface area contributed by atoms with Crippen LogP contribution in [0.2, 0.25) is 0 Å². The Morgan fingerprint density at radius 3 is 1.32 bits per heavy atom. The maximum absolute atomic E-state index is 13.5. The van der Waals surface area contributed by atoms with E-state index in [1.165, 1.54) is 6.20 Å². The van der Waals surface area contributed by atoms with Gasteiger partial charge in [0, 0.05) is 17.5 Å². The summed E-state index contributed by atoms with van der Waals surface area (Å²) in [4.78, 5) is 78.9. The number of esters is 3. The summed E-state index contributed by atoms with van der Waals surface area (Å²) in [7, 11) is 0. The van der Waals surface area contributed by atoms with Crippen LogP contribution in [0.1, 0.15) is 174 Å². The minimum absolute atomic E-state index is 0. The zero-order valence-corrected chi connectivity index (χ0v) is 43.2. The monoisotopic (exact) mass is 1010 g/mol. The topological polar surface area (TPSA) is 218 Å². The van der Waals surface area contributed by atoms with Crippen molar-refractivity contribution in [3.63, 3.8) is 0 Å². The molecule has 1 aromatic rings. The van der Waals surface area contributed by atoms with Gasteiger partial charge in [-0.25, -0.2) is 28.5 Å². The van der Waals surface area contributed by atoms with Crippen molar-refractivity contribution in [1.82, 2.24) is 16.0 Å². The first-order valence-electron chi connectivity index (χ1n) is 21.2. The zero-order valence-electron chi connectivity index (χ0n) is 41.0. The van der Waals surface area contributed by atoms with Crippen molar-refractivity contribution in [2.75, 3.05) is 0 Å². The first-order valence-corrected chi connectivity index (χ1v) is 21.2. The smallest absolute Gasteiger partial charge is 0.408 e. The standard InChI is InChI=1S/C45H76N4O13.HI/c1-40(2,3)57-33(51)25-31(48-39(56)62-45(16,17)18)34-28(22-23-30(36(53)59-42(7,8)9)47-38(55)61-44(13,14)15)26-49(27-32(34)50)24-20-19-21-29(35(52)58-41(4,5)6)46-37(54)60-43(10,11)12;/h26-27,29-31H,19-25H2,1-18H3,(H3-,46,47,48,50,54,55,56);1H. The third-order valence-corrected chi connectivity index (χ3v) is 7.69. The fraction of sp³-hybridized carbons (Fsp3) is 0.756. The van der Waals surface area contributed by atoms with Gasteiger partial charge in [-0.15, -0.1) is 0 Å². The minimum Gasteiger partial charge on any atom is -1.00 e. The molecule has 17 nitrogen and oxygen atoms in total. The normalized spacial score (nSPS) is 13.8. The van der Waals surface area contributed by atoms with E-state index >= 15 is 0 Å². The van der Waals surface area contributed by atoms with Gasteiger partial charge in [-0.05, 0) is 150 Å². The third kappa shape index (κ3) is 27.0. The van der Waals surface area contributed by atoms with Crippen molar-refractivity contribution in [3.05, 3.63) is 23.5 Å². The number of nitrogens with zero attached hydrogens (tertiary/aromatic N) is 1. The Bertz CT molecular complexity index is 1680. The maximum atomic E-state index is 13.5. The Kier molecular flexibility index (Phi) is 22.2. The Labute approximate surface area is 392 Å². The lowest BCUT2D eigenvalue weighted by Crippen LogP contribution is -3.00. The molecule has 18 heteroatoms. The summed E-state index contributed by atoms with van der Waals surface area (Å²) in [6.07, 6.45) is 1.33. The number of carbonyl (C=O) groups is 6. The van der Waals surface area contributed by atoms with E-state index in [9.17, 15) is 33.9 Å². The number of halogens is 1. The molecule has 0 radical (unpaired) electrons. The van der Waals surface area contributed by atoms with Gasteiger partial charge in [0.25, 0.3) is 0 Å². The van der Waals surface area contributed by atoms with Gasteiger partial charge in [-0.2, -0.15) is 0 Å². The van der Waals surface area contributed by atoms with Gasteiger partial charge in [0.2, 0.25) is 6.20 Å². The Hall–Kier alpha value is -4.10. The molecule has 0 fully saturated rings. The number of aromatic hydroxyl groups is 1. The number of unbranched alkanes of at least 4 members (excludes halogenated alkanes) is 1. The van der Waals surface area contributed by atoms with E-state index in [1.54, 1.807) is 135 Å².